The number of fused-ring (bicyclic) bond motifs is 1. The van der Waals surface area contributed by atoms with Crippen LogP contribution in [0.3, 0.4) is 0 Å². The summed E-state index contributed by atoms with van der Waals surface area (Å²) in [6.07, 6.45) is 3.21. The van der Waals surface area contributed by atoms with Crippen molar-refractivity contribution in [2.45, 2.75) is 13.0 Å². The zero-order chi connectivity index (χ0) is 14.7. The number of amides is 1. The second-order valence-electron chi connectivity index (χ2n) is 5.63. The van der Waals surface area contributed by atoms with Gasteiger partial charge in [-0.15, -0.1) is 0 Å². The van der Waals surface area contributed by atoms with Gasteiger partial charge in [0.05, 0.1) is 11.0 Å². The topological polar surface area (TPSA) is 41.6 Å². The number of carbonyl (C=O) groups excluding carboxylic acids is 1. The first-order valence-electron chi connectivity index (χ1n) is 7.22. The molecule has 0 bridgehead atoms. The van der Waals surface area contributed by atoms with Crippen LogP contribution in [0.2, 0.25) is 0 Å². The molecule has 1 aromatic carbocycles. The highest BCUT2D eigenvalue weighted by Crippen LogP contribution is 2.35. The molecular weight excluding hydrogens is 379 g/mol. The number of benzene rings is 1. The van der Waals surface area contributed by atoms with Crippen LogP contribution in [0.5, 0.6) is 0 Å². The zero-order valence-corrected chi connectivity index (χ0v) is 14.0. The highest BCUT2D eigenvalue weighted by molar-refractivity contribution is 14.1. The third-order valence-electron chi connectivity index (χ3n) is 4.14. The van der Waals surface area contributed by atoms with Crippen molar-refractivity contribution in [3.63, 3.8) is 0 Å². The highest BCUT2D eigenvalue weighted by atomic mass is 127. The number of alkyl halides is 1. The van der Waals surface area contributed by atoms with Crippen LogP contribution in [0.15, 0.2) is 42.1 Å². The monoisotopic (exact) mass is 398 g/mol. The first kappa shape index (κ1) is 14.8. The second kappa shape index (κ2) is 6.79. The first-order valence-corrected chi connectivity index (χ1v) is 8.75. The summed E-state index contributed by atoms with van der Waals surface area (Å²) in [7, 11) is 0. The predicted octanol–water partition coefficient (Wildman–Crippen LogP) is 2.51. The van der Waals surface area contributed by atoms with Crippen LogP contribution < -0.4 is 5.48 Å². The molecule has 4 nitrogen and oxygen atoms in total. The van der Waals surface area contributed by atoms with Crippen molar-refractivity contribution in [3.05, 3.63) is 47.7 Å². The van der Waals surface area contributed by atoms with Crippen LogP contribution >= 0.6 is 22.6 Å². The molecule has 0 radical (unpaired) electrons. The van der Waals surface area contributed by atoms with E-state index in [1.54, 1.807) is 0 Å². The van der Waals surface area contributed by atoms with Gasteiger partial charge < -0.3 is 4.90 Å². The van der Waals surface area contributed by atoms with Crippen molar-refractivity contribution in [2.24, 2.45) is 11.8 Å². The lowest BCUT2D eigenvalue weighted by Crippen LogP contribution is -2.30. The van der Waals surface area contributed by atoms with Gasteiger partial charge in [0.25, 0.3) is 0 Å². The van der Waals surface area contributed by atoms with Crippen molar-refractivity contribution < 1.29 is 9.63 Å². The lowest BCUT2D eigenvalue weighted by Gasteiger charge is -2.16. The van der Waals surface area contributed by atoms with Crippen molar-refractivity contribution in [1.29, 1.82) is 0 Å². The van der Waals surface area contributed by atoms with Crippen LogP contribution in [-0.4, -0.2) is 28.3 Å². The van der Waals surface area contributed by atoms with E-state index >= 15 is 0 Å². The summed E-state index contributed by atoms with van der Waals surface area (Å²) >= 11 is 2.14. The van der Waals surface area contributed by atoms with E-state index in [4.69, 9.17) is 4.84 Å². The molecule has 1 amide bonds. The predicted molar refractivity (Wildman–Crippen MR) is 89.5 cm³/mol. The van der Waals surface area contributed by atoms with Crippen molar-refractivity contribution >= 4 is 28.5 Å². The van der Waals surface area contributed by atoms with Gasteiger partial charge in [-0.05, 0) is 17.9 Å². The smallest absolute Gasteiger partial charge is 0.232 e. The molecule has 1 saturated heterocycles. The fourth-order valence-corrected chi connectivity index (χ4v) is 3.54. The third-order valence-corrected chi connectivity index (χ3v) is 4.79. The Morgan fingerprint density at radius 1 is 1.33 bits per heavy atom. The van der Waals surface area contributed by atoms with Crippen LogP contribution in [0, 0.1) is 11.8 Å². The van der Waals surface area contributed by atoms with Gasteiger partial charge in [-0.25, -0.2) is 0 Å². The Labute approximate surface area is 138 Å². The van der Waals surface area contributed by atoms with Gasteiger partial charge >= 0.3 is 0 Å². The van der Waals surface area contributed by atoms with Gasteiger partial charge in [0.15, 0.2) is 0 Å². The minimum Gasteiger partial charge on any atom is -0.341 e. The number of halogens is 1. The Morgan fingerprint density at radius 2 is 2.14 bits per heavy atom. The largest absolute Gasteiger partial charge is 0.341 e. The molecule has 1 heterocycles. The lowest BCUT2D eigenvalue weighted by molar-refractivity contribution is -0.127. The van der Waals surface area contributed by atoms with E-state index in [1.807, 2.05) is 35.2 Å². The molecule has 1 aliphatic heterocycles. The molecule has 2 unspecified atom stereocenters. The van der Waals surface area contributed by atoms with E-state index in [9.17, 15) is 4.79 Å². The summed E-state index contributed by atoms with van der Waals surface area (Å²) in [6.45, 7) is 2.30. The van der Waals surface area contributed by atoms with Gasteiger partial charge in [0.1, 0.15) is 0 Å². The summed E-state index contributed by atoms with van der Waals surface area (Å²) in [4.78, 5) is 19.3. The van der Waals surface area contributed by atoms with Crippen LogP contribution in [-0.2, 0) is 16.2 Å². The van der Waals surface area contributed by atoms with Gasteiger partial charge in [0.2, 0.25) is 5.91 Å². The zero-order valence-electron chi connectivity index (χ0n) is 11.8. The minimum atomic E-state index is 0.258. The molecule has 2 atom stereocenters. The Bertz CT molecular complexity index is 532. The van der Waals surface area contributed by atoms with Crippen molar-refractivity contribution in [1.82, 2.24) is 10.4 Å². The quantitative estimate of drug-likeness (QED) is 0.471. The molecule has 0 aromatic heterocycles. The lowest BCUT2D eigenvalue weighted by atomic mass is 10.0. The molecule has 21 heavy (non-hydrogen) atoms. The summed E-state index contributed by atoms with van der Waals surface area (Å²) in [5.41, 5.74) is 5.38. The number of likely N-dealkylation sites (tertiary alicyclic amines) is 1. The summed E-state index contributed by atoms with van der Waals surface area (Å²) < 4.78 is 0.576. The van der Waals surface area contributed by atoms with Crippen molar-refractivity contribution in [2.75, 3.05) is 17.5 Å². The molecule has 0 saturated carbocycles. The van der Waals surface area contributed by atoms with E-state index in [0.717, 1.165) is 30.8 Å². The van der Waals surface area contributed by atoms with Crippen LogP contribution in [0.25, 0.3) is 0 Å². The Balaban J connectivity index is 1.46. The van der Waals surface area contributed by atoms with Gasteiger partial charge in [-0.2, -0.15) is 0 Å². The highest BCUT2D eigenvalue weighted by Gasteiger charge is 2.37. The van der Waals surface area contributed by atoms with E-state index in [1.165, 1.54) is 0 Å². The van der Waals surface area contributed by atoms with Gasteiger partial charge in [-0.1, -0.05) is 59.0 Å². The van der Waals surface area contributed by atoms with Gasteiger partial charge in [-0.3, -0.25) is 15.1 Å². The normalized spacial score (nSPS) is 23.9. The Hall–Kier alpha value is -1.08. The molecule has 1 fully saturated rings. The average Bonchev–Trinajstić information content (AvgIpc) is 3.06. The SMILES string of the molecule is O=C(CI)N1CC2C=C(NOCc3ccccc3)CC2C1. The van der Waals surface area contributed by atoms with E-state index < -0.39 is 0 Å². The van der Waals surface area contributed by atoms with E-state index in [-0.39, 0.29) is 5.91 Å². The van der Waals surface area contributed by atoms with Crippen LogP contribution in [0.4, 0.5) is 0 Å². The maximum absolute atomic E-state index is 11.7. The number of hydrogen-bond acceptors (Lipinski definition) is 3. The maximum atomic E-state index is 11.7. The number of nitrogens with zero attached hydrogens (tertiary/aromatic N) is 1. The molecule has 112 valence electrons. The molecule has 1 aromatic rings. The average molecular weight is 398 g/mol. The standard InChI is InChI=1S/C16H19IN2O2/c17-8-16(20)19-9-13-6-15(7-14(13)10-19)18-21-11-12-4-2-1-3-5-12/h1-6,13-14,18H,7-11H2. The number of hydroxylamine groups is 1. The second-order valence-corrected chi connectivity index (χ2v) is 6.39. The van der Waals surface area contributed by atoms with E-state index in [0.29, 0.717) is 22.9 Å². The number of rotatable bonds is 5. The molecule has 3 rings (SSSR count). The van der Waals surface area contributed by atoms with E-state index in [2.05, 4.69) is 34.1 Å². The third kappa shape index (κ3) is 3.58. The van der Waals surface area contributed by atoms with Crippen molar-refractivity contribution in [3.8, 4) is 0 Å². The molecule has 0 spiro atoms. The minimum absolute atomic E-state index is 0.258. The summed E-state index contributed by atoms with van der Waals surface area (Å²) in [6, 6.07) is 10.1. The van der Waals surface area contributed by atoms with Gasteiger partial charge in [0, 0.05) is 24.7 Å². The fraction of sp³-hybridized carbons (Fsp3) is 0.438. The molecule has 5 heteroatoms. The number of carbonyl (C=O) groups is 1. The fourth-order valence-electron chi connectivity index (χ4n) is 3.06. The number of hydrogen-bond donors (Lipinski definition) is 1. The van der Waals surface area contributed by atoms with Crippen LogP contribution in [0.1, 0.15) is 12.0 Å². The summed E-state index contributed by atoms with van der Waals surface area (Å²) in [5, 5.41) is 0. The molecular formula is C16H19IN2O2. The molecule has 2 aliphatic rings. The molecule has 1 N–H and O–H groups in total. The Kier molecular flexibility index (Phi) is 4.80. The first-order chi connectivity index (χ1) is 10.3. The number of allylic oxidation sites excluding steroid dienone is 1. The number of nitrogens with one attached hydrogen (secondary N) is 1. The molecule has 1 aliphatic carbocycles. The Morgan fingerprint density at radius 3 is 2.86 bits per heavy atom. The maximum Gasteiger partial charge on any atom is 0.232 e. The summed E-state index contributed by atoms with van der Waals surface area (Å²) in [5.74, 6) is 1.30.